The molecule has 7 nitrogen and oxygen atoms in total. The molecule has 0 spiro atoms. The van der Waals surface area contributed by atoms with Crippen molar-refractivity contribution >= 4 is 28.3 Å². The maximum atomic E-state index is 13.3. The largest absolute Gasteiger partial charge is 0.455 e. The summed E-state index contributed by atoms with van der Waals surface area (Å²) < 4.78 is 11.1. The zero-order chi connectivity index (χ0) is 24.7. The summed E-state index contributed by atoms with van der Waals surface area (Å²) in [6.07, 6.45) is 0. The molecule has 0 fully saturated rings. The van der Waals surface area contributed by atoms with Crippen LogP contribution in [0.5, 0.6) is 0 Å². The van der Waals surface area contributed by atoms with Gasteiger partial charge in [0.1, 0.15) is 11.3 Å². The Balaban J connectivity index is 1.65. The van der Waals surface area contributed by atoms with Crippen molar-refractivity contribution in [2.45, 2.75) is 26.8 Å². The average molecular weight is 488 g/mol. The first-order valence-electron chi connectivity index (χ1n) is 11.1. The van der Waals surface area contributed by atoms with Gasteiger partial charge in [-0.25, -0.2) is 4.79 Å². The summed E-state index contributed by atoms with van der Waals surface area (Å²) in [5.74, 6) is 0.150. The molecule has 2 N–H and O–H groups in total. The van der Waals surface area contributed by atoms with E-state index in [1.165, 1.54) is 0 Å². The van der Waals surface area contributed by atoms with Crippen LogP contribution in [0.15, 0.2) is 79.2 Å². The van der Waals surface area contributed by atoms with Crippen LogP contribution in [-0.2, 0) is 0 Å². The van der Waals surface area contributed by atoms with E-state index >= 15 is 0 Å². The molecule has 2 aromatic heterocycles. The van der Waals surface area contributed by atoms with Crippen LogP contribution in [0.25, 0.3) is 33.7 Å². The second kappa shape index (κ2) is 8.92. The zero-order valence-electron chi connectivity index (χ0n) is 19.3. The maximum absolute atomic E-state index is 13.3. The monoisotopic (exact) mass is 487 g/mol. The number of anilines is 1. The van der Waals surface area contributed by atoms with Gasteiger partial charge in [-0.15, -0.1) is 0 Å². The Labute approximate surface area is 205 Å². The highest BCUT2D eigenvalue weighted by molar-refractivity contribution is 6.31. The lowest BCUT2D eigenvalue weighted by Crippen LogP contribution is -2.13. The predicted octanol–water partition coefficient (Wildman–Crippen LogP) is 6.25. The third kappa shape index (κ3) is 4.26. The van der Waals surface area contributed by atoms with Crippen molar-refractivity contribution in [2.24, 2.45) is 0 Å². The van der Waals surface area contributed by atoms with E-state index in [2.05, 4.69) is 20.0 Å². The van der Waals surface area contributed by atoms with Crippen LogP contribution in [0.2, 0.25) is 5.02 Å². The Morgan fingerprint density at radius 3 is 2.51 bits per heavy atom. The van der Waals surface area contributed by atoms with Crippen molar-refractivity contribution in [1.29, 1.82) is 0 Å². The van der Waals surface area contributed by atoms with E-state index in [-0.39, 0.29) is 17.3 Å². The Hall–Kier alpha value is -4.10. The van der Waals surface area contributed by atoms with Gasteiger partial charge < -0.3 is 9.73 Å². The quantitative estimate of drug-likeness (QED) is 0.304. The van der Waals surface area contributed by atoms with Crippen LogP contribution >= 0.6 is 11.6 Å². The number of aromatic amines is 1. The molecular weight excluding hydrogens is 466 g/mol. The van der Waals surface area contributed by atoms with E-state index in [1.807, 2.05) is 56.3 Å². The Morgan fingerprint density at radius 1 is 1.03 bits per heavy atom. The first kappa shape index (κ1) is 22.7. The normalized spacial score (nSPS) is 12.1. The first-order chi connectivity index (χ1) is 16.8. The number of aromatic nitrogens is 2. The molecule has 1 atom stereocenters. The zero-order valence-corrected chi connectivity index (χ0v) is 20.1. The van der Waals surface area contributed by atoms with Crippen LogP contribution in [-0.4, -0.2) is 10.1 Å². The van der Waals surface area contributed by atoms with Gasteiger partial charge in [0.15, 0.2) is 11.3 Å². The lowest BCUT2D eigenvalue weighted by Gasteiger charge is -2.20. The molecule has 0 unspecified atom stereocenters. The fourth-order valence-corrected chi connectivity index (χ4v) is 4.42. The van der Waals surface area contributed by atoms with Gasteiger partial charge in [0.2, 0.25) is 0 Å². The smallest absolute Gasteiger partial charge is 0.439 e. The molecule has 0 radical (unpaired) electrons. The topological polar surface area (TPSA) is 101 Å². The number of nitrogens with zero attached hydrogens (tertiary/aromatic N) is 1. The number of hydrogen-bond donors (Lipinski definition) is 2. The van der Waals surface area contributed by atoms with Crippen LogP contribution in [0, 0.1) is 13.8 Å². The highest BCUT2D eigenvalue weighted by atomic mass is 35.5. The van der Waals surface area contributed by atoms with Gasteiger partial charge >= 0.3 is 5.76 Å². The van der Waals surface area contributed by atoms with E-state index in [0.29, 0.717) is 38.6 Å². The summed E-state index contributed by atoms with van der Waals surface area (Å²) >= 11 is 6.21. The minimum atomic E-state index is -0.658. The van der Waals surface area contributed by atoms with Gasteiger partial charge in [0.25, 0.3) is 0 Å². The summed E-state index contributed by atoms with van der Waals surface area (Å²) in [4.78, 5) is 27.4. The van der Waals surface area contributed by atoms with Crippen LogP contribution in [0.3, 0.4) is 0 Å². The number of hydrogen-bond acceptors (Lipinski definition) is 6. The Kier molecular flexibility index (Phi) is 5.78. The third-order valence-corrected chi connectivity index (χ3v) is 6.18. The second-order valence-electron chi connectivity index (χ2n) is 8.48. The fourth-order valence-electron chi connectivity index (χ4n) is 4.25. The molecule has 3 aromatic carbocycles. The molecule has 2 heterocycles. The van der Waals surface area contributed by atoms with Crippen molar-refractivity contribution in [3.63, 3.8) is 0 Å². The van der Waals surface area contributed by atoms with Crippen molar-refractivity contribution in [2.75, 3.05) is 5.32 Å². The van der Waals surface area contributed by atoms with E-state index in [9.17, 15) is 9.59 Å². The molecule has 0 amide bonds. The number of fused-ring (bicyclic) bond motifs is 1. The number of benzene rings is 3. The summed E-state index contributed by atoms with van der Waals surface area (Å²) in [6, 6.07) is 18.4. The van der Waals surface area contributed by atoms with Gasteiger partial charge in [-0.2, -0.15) is 0 Å². The van der Waals surface area contributed by atoms with Crippen LogP contribution in [0.1, 0.15) is 29.7 Å². The average Bonchev–Trinajstić information content (AvgIpc) is 3.29. The molecule has 5 rings (SSSR count). The van der Waals surface area contributed by atoms with Gasteiger partial charge in [-0.1, -0.05) is 53.2 Å². The SMILES string of the molecule is Cc1cc([C@@H](C)Nc2ccc(Cl)cc2-c2noc(=O)[nH]2)c2oc(-c3ccccc3)c(C)c(=O)c2c1. The van der Waals surface area contributed by atoms with Crippen molar-refractivity contribution in [1.82, 2.24) is 10.1 Å². The highest BCUT2D eigenvalue weighted by Crippen LogP contribution is 2.35. The standard InChI is InChI=1S/C27H22ClN3O4/c1-14-11-19(16(3)29-22-10-9-18(28)13-20(22)26-30-27(33)35-31-26)25-21(12-14)23(32)15(2)24(34-25)17-7-5-4-6-8-17/h4-13,16,29H,1-3H3,(H,30,31,33)/t16-/m1/s1. The minimum absolute atomic E-state index is 0.0605. The number of aryl methyl sites for hydroxylation is 1. The fraction of sp³-hybridized carbons (Fsp3) is 0.148. The summed E-state index contributed by atoms with van der Waals surface area (Å²) in [6.45, 7) is 5.71. The van der Waals surface area contributed by atoms with E-state index in [0.717, 1.165) is 16.7 Å². The van der Waals surface area contributed by atoms with Gasteiger partial charge in [0, 0.05) is 33.0 Å². The molecule has 5 aromatic rings. The Morgan fingerprint density at radius 2 is 1.80 bits per heavy atom. The maximum Gasteiger partial charge on any atom is 0.439 e. The molecule has 0 aliphatic rings. The molecule has 0 aliphatic carbocycles. The molecule has 35 heavy (non-hydrogen) atoms. The minimum Gasteiger partial charge on any atom is -0.455 e. The lowest BCUT2D eigenvalue weighted by atomic mass is 9.98. The lowest BCUT2D eigenvalue weighted by molar-refractivity contribution is 0.388. The van der Waals surface area contributed by atoms with E-state index in [4.69, 9.17) is 16.0 Å². The van der Waals surface area contributed by atoms with Crippen LogP contribution < -0.4 is 16.5 Å². The number of nitrogens with one attached hydrogen (secondary N) is 2. The Bertz CT molecular complexity index is 1670. The third-order valence-electron chi connectivity index (χ3n) is 5.94. The van der Waals surface area contributed by atoms with Gasteiger partial charge in [-0.3, -0.25) is 14.3 Å². The van der Waals surface area contributed by atoms with Gasteiger partial charge in [-0.05, 0) is 50.6 Å². The van der Waals surface area contributed by atoms with Gasteiger partial charge in [0.05, 0.1) is 11.4 Å². The second-order valence-corrected chi connectivity index (χ2v) is 8.92. The molecule has 0 aliphatic heterocycles. The molecule has 176 valence electrons. The summed E-state index contributed by atoms with van der Waals surface area (Å²) in [7, 11) is 0. The first-order valence-corrected chi connectivity index (χ1v) is 11.5. The van der Waals surface area contributed by atoms with Crippen molar-refractivity contribution < 1.29 is 8.94 Å². The molecule has 0 bridgehead atoms. The molecule has 0 saturated carbocycles. The highest BCUT2D eigenvalue weighted by Gasteiger charge is 2.20. The predicted molar refractivity (Wildman–Crippen MR) is 137 cm³/mol. The molecular formula is C27H22ClN3O4. The molecule has 0 saturated heterocycles. The van der Waals surface area contributed by atoms with E-state index in [1.54, 1.807) is 25.1 Å². The van der Waals surface area contributed by atoms with Crippen molar-refractivity contribution in [3.05, 3.63) is 103 Å². The molecule has 8 heteroatoms. The number of H-pyrrole nitrogens is 1. The summed E-state index contributed by atoms with van der Waals surface area (Å²) in [5, 5.41) is 8.26. The number of rotatable bonds is 5. The van der Waals surface area contributed by atoms with E-state index < -0.39 is 5.76 Å². The van der Waals surface area contributed by atoms with Crippen molar-refractivity contribution in [3.8, 4) is 22.7 Å². The summed E-state index contributed by atoms with van der Waals surface area (Å²) in [5.41, 5.74) is 4.89. The number of halogens is 1. The van der Waals surface area contributed by atoms with Crippen LogP contribution in [0.4, 0.5) is 5.69 Å².